The maximum Gasteiger partial charge on any atom is 0.0867 e. The Morgan fingerprint density at radius 1 is 0.905 bits per heavy atom. The van der Waals surface area contributed by atoms with Crippen molar-refractivity contribution in [2.75, 3.05) is 0 Å². The van der Waals surface area contributed by atoms with E-state index < -0.39 is 0 Å². The molecule has 106 valence electrons. The highest BCUT2D eigenvalue weighted by molar-refractivity contribution is 6.35. The van der Waals surface area contributed by atoms with Crippen LogP contribution in [0.4, 0.5) is 0 Å². The molecule has 21 heavy (non-hydrogen) atoms. The lowest BCUT2D eigenvalue weighted by Crippen LogP contribution is -1.94. The predicted molar refractivity (Wildman–Crippen MR) is 87.7 cm³/mol. The van der Waals surface area contributed by atoms with Crippen LogP contribution in [0.25, 0.3) is 5.69 Å². The largest absolute Gasteiger partial charge is 0.241 e. The van der Waals surface area contributed by atoms with Gasteiger partial charge in [0.25, 0.3) is 0 Å². The summed E-state index contributed by atoms with van der Waals surface area (Å²) in [5.41, 5.74) is 2.72. The summed E-state index contributed by atoms with van der Waals surface area (Å²) in [7, 11) is 0. The van der Waals surface area contributed by atoms with Gasteiger partial charge in [-0.25, -0.2) is 4.68 Å². The van der Waals surface area contributed by atoms with Crippen LogP contribution in [0.3, 0.4) is 0 Å². The van der Waals surface area contributed by atoms with E-state index in [1.165, 1.54) is 0 Å². The SMILES string of the molecule is Clc1cc(Cl)cc(C(Cl)c2cnn(-c3ccccc3)c2)c1. The second-order valence-corrected chi connectivity index (χ2v) is 5.93. The molecule has 3 rings (SSSR count). The Morgan fingerprint density at radius 3 is 2.24 bits per heavy atom. The molecule has 0 aliphatic carbocycles. The molecular formula is C16H11Cl3N2. The Balaban J connectivity index is 1.92. The number of hydrogen-bond acceptors (Lipinski definition) is 1. The zero-order valence-electron chi connectivity index (χ0n) is 10.9. The lowest BCUT2D eigenvalue weighted by Gasteiger charge is -2.08. The van der Waals surface area contributed by atoms with Crippen molar-refractivity contribution in [1.82, 2.24) is 9.78 Å². The van der Waals surface area contributed by atoms with Crippen molar-refractivity contribution in [2.45, 2.75) is 5.38 Å². The van der Waals surface area contributed by atoms with Gasteiger partial charge >= 0.3 is 0 Å². The molecular weight excluding hydrogens is 327 g/mol. The second kappa shape index (κ2) is 6.10. The fraction of sp³-hybridized carbons (Fsp3) is 0.0625. The Kier molecular flexibility index (Phi) is 4.20. The van der Waals surface area contributed by atoms with Gasteiger partial charge in [0, 0.05) is 21.8 Å². The van der Waals surface area contributed by atoms with E-state index >= 15 is 0 Å². The number of rotatable bonds is 3. The highest BCUT2D eigenvalue weighted by atomic mass is 35.5. The molecule has 0 amide bonds. The number of nitrogens with zero attached hydrogens (tertiary/aromatic N) is 2. The van der Waals surface area contributed by atoms with Crippen molar-refractivity contribution in [3.05, 3.63) is 82.1 Å². The van der Waals surface area contributed by atoms with Gasteiger partial charge < -0.3 is 0 Å². The highest BCUT2D eigenvalue weighted by Gasteiger charge is 2.14. The molecule has 0 spiro atoms. The van der Waals surface area contributed by atoms with E-state index in [0.717, 1.165) is 16.8 Å². The zero-order valence-corrected chi connectivity index (χ0v) is 13.1. The molecule has 0 N–H and O–H groups in total. The van der Waals surface area contributed by atoms with Crippen LogP contribution in [0, 0.1) is 0 Å². The number of benzene rings is 2. The fourth-order valence-corrected chi connectivity index (χ4v) is 2.89. The van der Waals surface area contributed by atoms with E-state index in [2.05, 4.69) is 5.10 Å². The molecule has 0 bridgehead atoms. The van der Waals surface area contributed by atoms with Crippen LogP contribution < -0.4 is 0 Å². The van der Waals surface area contributed by atoms with Gasteiger partial charge in [0.1, 0.15) is 0 Å². The van der Waals surface area contributed by atoms with E-state index in [0.29, 0.717) is 10.0 Å². The van der Waals surface area contributed by atoms with Crippen LogP contribution in [0.2, 0.25) is 10.0 Å². The van der Waals surface area contributed by atoms with Crippen LogP contribution in [0.1, 0.15) is 16.5 Å². The number of alkyl halides is 1. The van der Waals surface area contributed by atoms with E-state index in [1.54, 1.807) is 16.9 Å². The third-order valence-electron chi connectivity index (χ3n) is 3.09. The second-order valence-electron chi connectivity index (χ2n) is 4.62. The zero-order chi connectivity index (χ0) is 14.8. The summed E-state index contributed by atoms with van der Waals surface area (Å²) in [5.74, 6) is 0. The van der Waals surface area contributed by atoms with Crippen LogP contribution in [0.5, 0.6) is 0 Å². The van der Waals surface area contributed by atoms with Gasteiger partial charge in [0.2, 0.25) is 0 Å². The van der Waals surface area contributed by atoms with Gasteiger partial charge in [0.15, 0.2) is 0 Å². The van der Waals surface area contributed by atoms with Gasteiger partial charge in [-0.15, -0.1) is 11.6 Å². The minimum atomic E-state index is -0.348. The Morgan fingerprint density at radius 2 is 1.57 bits per heavy atom. The minimum absolute atomic E-state index is 0.348. The molecule has 1 atom stereocenters. The summed E-state index contributed by atoms with van der Waals surface area (Å²) in [5, 5.41) is 5.13. The fourth-order valence-electron chi connectivity index (χ4n) is 2.10. The number of halogens is 3. The first-order valence-electron chi connectivity index (χ1n) is 6.33. The average molecular weight is 338 g/mol. The third kappa shape index (κ3) is 3.24. The molecule has 2 nitrogen and oxygen atoms in total. The van der Waals surface area contributed by atoms with Crippen molar-refractivity contribution in [2.24, 2.45) is 0 Å². The molecule has 0 saturated heterocycles. The normalized spacial score (nSPS) is 12.3. The van der Waals surface area contributed by atoms with E-state index in [1.807, 2.05) is 48.7 Å². The van der Waals surface area contributed by atoms with Crippen molar-refractivity contribution < 1.29 is 0 Å². The van der Waals surface area contributed by atoms with Crippen LogP contribution in [0.15, 0.2) is 60.9 Å². The molecule has 0 aliphatic heterocycles. The molecule has 5 heteroatoms. The summed E-state index contributed by atoms with van der Waals surface area (Å²) < 4.78 is 1.79. The molecule has 0 saturated carbocycles. The molecule has 0 aliphatic rings. The lowest BCUT2D eigenvalue weighted by molar-refractivity contribution is 0.880. The van der Waals surface area contributed by atoms with Gasteiger partial charge in [-0.1, -0.05) is 41.4 Å². The molecule has 1 aromatic heterocycles. The molecule has 2 aromatic carbocycles. The first-order chi connectivity index (χ1) is 10.1. The van der Waals surface area contributed by atoms with E-state index in [-0.39, 0.29) is 5.38 Å². The molecule has 3 aromatic rings. The van der Waals surface area contributed by atoms with Crippen LogP contribution >= 0.6 is 34.8 Å². The van der Waals surface area contributed by atoms with Crippen LogP contribution in [-0.2, 0) is 0 Å². The van der Waals surface area contributed by atoms with Gasteiger partial charge in [-0.05, 0) is 35.9 Å². The Labute approximate surface area is 137 Å². The first-order valence-corrected chi connectivity index (χ1v) is 7.53. The summed E-state index contributed by atoms with van der Waals surface area (Å²) in [4.78, 5) is 0. The minimum Gasteiger partial charge on any atom is -0.241 e. The number of aromatic nitrogens is 2. The van der Waals surface area contributed by atoms with E-state index in [9.17, 15) is 0 Å². The molecule has 1 unspecified atom stereocenters. The number of para-hydroxylation sites is 1. The van der Waals surface area contributed by atoms with Gasteiger partial charge in [-0.2, -0.15) is 5.10 Å². The van der Waals surface area contributed by atoms with Gasteiger partial charge in [0.05, 0.1) is 17.3 Å². The summed E-state index contributed by atoms with van der Waals surface area (Å²) in [6.45, 7) is 0. The van der Waals surface area contributed by atoms with Crippen molar-refractivity contribution in [3.8, 4) is 5.69 Å². The third-order valence-corrected chi connectivity index (χ3v) is 4.03. The standard InChI is InChI=1S/C16H11Cl3N2/c17-13-6-11(7-14(18)8-13)16(19)12-9-20-21(10-12)15-4-2-1-3-5-15/h1-10,16H. The summed E-state index contributed by atoms with van der Waals surface area (Å²) in [6.07, 6.45) is 3.65. The molecule has 0 fully saturated rings. The van der Waals surface area contributed by atoms with Crippen molar-refractivity contribution >= 4 is 34.8 Å². The van der Waals surface area contributed by atoms with Crippen LogP contribution in [-0.4, -0.2) is 9.78 Å². The topological polar surface area (TPSA) is 17.8 Å². The predicted octanol–water partition coefficient (Wildman–Crippen LogP) is 5.51. The molecule has 1 heterocycles. The first kappa shape index (κ1) is 14.5. The van der Waals surface area contributed by atoms with Crippen molar-refractivity contribution in [1.29, 1.82) is 0 Å². The smallest absolute Gasteiger partial charge is 0.0867 e. The highest BCUT2D eigenvalue weighted by Crippen LogP contribution is 2.32. The molecule has 0 radical (unpaired) electrons. The van der Waals surface area contributed by atoms with E-state index in [4.69, 9.17) is 34.8 Å². The maximum absolute atomic E-state index is 6.51. The Hall–Kier alpha value is -1.48. The average Bonchev–Trinajstić information content (AvgIpc) is 2.96. The maximum atomic E-state index is 6.51. The summed E-state index contributed by atoms with van der Waals surface area (Å²) in [6, 6.07) is 15.2. The number of hydrogen-bond donors (Lipinski definition) is 0. The lowest BCUT2D eigenvalue weighted by atomic mass is 10.1. The van der Waals surface area contributed by atoms with Gasteiger partial charge in [-0.3, -0.25) is 0 Å². The quantitative estimate of drug-likeness (QED) is 0.576. The Bertz CT molecular complexity index is 733. The summed E-state index contributed by atoms with van der Waals surface area (Å²) >= 11 is 18.5. The monoisotopic (exact) mass is 336 g/mol. The van der Waals surface area contributed by atoms with Crippen molar-refractivity contribution in [3.63, 3.8) is 0 Å².